The van der Waals surface area contributed by atoms with Crippen molar-refractivity contribution in [3.63, 3.8) is 0 Å². The van der Waals surface area contributed by atoms with Crippen LogP contribution in [0.5, 0.6) is 0 Å². The Kier molecular flexibility index (Phi) is 5.05. The fraction of sp³-hybridized carbons (Fsp3) is 0.158. The van der Waals surface area contributed by atoms with Gasteiger partial charge in [-0.25, -0.2) is 5.43 Å². The maximum Gasteiger partial charge on any atom is 0.259 e. The van der Waals surface area contributed by atoms with Gasteiger partial charge in [0, 0.05) is 32.9 Å². The summed E-state index contributed by atoms with van der Waals surface area (Å²) < 4.78 is 0. The second-order valence-electron chi connectivity index (χ2n) is 5.77. The molecule has 0 saturated carbocycles. The smallest absolute Gasteiger partial charge is 0.259 e. The zero-order valence-corrected chi connectivity index (χ0v) is 14.8. The Morgan fingerprint density at radius 2 is 2.00 bits per heavy atom. The fourth-order valence-corrected chi connectivity index (χ4v) is 2.82. The summed E-state index contributed by atoms with van der Waals surface area (Å²) in [6.07, 6.45) is 1.66. The number of rotatable bonds is 5. The van der Waals surface area contributed by atoms with E-state index in [1.165, 1.54) is 0 Å². The molecular weight excluding hydrogens is 336 g/mol. The minimum Gasteiger partial charge on any atom is -0.376 e. The van der Waals surface area contributed by atoms with E-state index in [0.717, 1.165) is 33.4 Å². The van der Waals surface area contributed by atoms with Crippen molar-refractivity contribution in [1.82, 2.24) is 10.4 Å². The number of benzene rings is 2. The molecule has 6 heteroatoms. The first kappa shape index (κ1) is 17.0. The fourth-order valence-electron chi connectivity index (χ4n) is 2.65. The van der Waals surface area contributed by atoms with E-state index >= 15 is 0 Å². The van der Waals surface area contributed by atoms with Gasteiger partial charge in [-0.05, 0) is 37.6 Å². The molecule has 0 aliphatic carbocycles. The molecule has 128 valence electrons. The van der Waals surface area contributed by atoms with Crippen LogP contribution in [0.3, 0.4) is 0 Å². The second kappa shape index (κ2) is 7.40. The van der Waals surface area contributed by atoms with Crippen LogP contribution in [0, 0.1) is 13.8 Å². The van der Waals surface area contributed by atoms with Gasteiger partial charge in [-0.2, -0.15) is 5.10 Å². The number of amides is 1. The number of anilines is 1. The maximum atomic E-state index is 12.0. The van der Waals surface area contributed by atoms with Gasteiger partial charge in [-0.3, -0.25) is 4.79 Å². The molecule has 0 bridgehead atoms. The van der Waals surface area contributed by atoms with Crippen LogP contribution in [0.2, 0.25) is 5.02 Å². The zero-order valence-electron chi connectivity index (χ0n) is 14.1. The van der Waals surface area contributed by atoms with Crippen LogP contribution in [-0.2, 0) is 4.79 Å². The summed E-state index contributed by atoms with van der Waals surface area (Å²) in [7, 11) is 0. The molecule has 0 aliphatic rings. The van der Waals surface area contributed by atoms with Crippen LogP contribution in [-0.4, -0.2) is 23.7 Å². The first-order valence-electron chi connectivity index (χ1n) is 7.94. The molecule has 3 rings (SSSR count). The van der Waals surface area contributed by atoms with Gasteiger partial charge in [-0.1, -0.05) is 35.9 Å². The van der Waals surface area contributed by atoms with Gasteiger partial charge in [0.2, 0.25) is 0 Å². The highest BCUT2D eigenvalue weighted by Crippen LogP contribution is 2.22. The molecule has 0 atom stereocenters. The second-order valence-corrected chi connectivity index (χ2v) is 6.18. The lowest BCUT2D eigenvalue weighted by molar-refractivity contribution is -0.119. The van der Waals surface area contributed by atoms with Crippen molar-refractivity contribution in [1.29, 1.82) is 0 Å². The number of H-pyrrole nitrogens is 1. The number of para-hydroxylation sites is 1. The molecule has 0 aliphatic heterocycles. The number of halogens is 1. The Morgan fingerprint density at radius 1 is 1.20 bits per heavy atom. The number of carbonyl (C=O) groups excluding carboxylic acids is 1. The predicted octanol–water partition coefficient (Wildman–Crippen LogP) is 4.00. The number of nitrogens with one attached hydrogen (secondary N) is 3. The first-order chi connectivity index (χ1) is 12.1. The number of aromatic nitrogens is 1. The van der Waals surface area contributed by atoms with Crippen LogP contribution >= 0.6 is 11.6 Å². The summed E-state index contributed by atoms with van der Waals surface area (Å²) in [6, 6.07) is 13.5. The van der Waals surface area contributed by atoms with Gasteiger partial charge in [0.05, 0.1) is 12.8 Å². The van der Waals surface area contributed by atoms with Gasteiger partial charge in [0.25, 0.3) is 5.91 Å². The molecular formula is C19H19ClN4O. The summed E-state index contributed by atoms with van der Waals surface area (Å²) in [5, 5.41) is 8.87. The number of fused-ring (bicyclic) bond motifs is 1. The first-order valence-corrected chi connectivity index (χ1v) is 8.32. The van der Waals surface area contributed by atoms with Crippen molar-refractivity contribution in [3.8, 4) is 0 Å². The van der Waals surface area contributed by atoms with Crippen LogP contribution in [0.4, 0.5) is 5.69 Å². The van der Waals surface area contributed by atoms with E-state index in [-0.39, 0.29) is 12.5 Å². The molecule has 0 radical (unpaired) electrons. The lowest BCUT2D eigenvalue weighted by Gasteiger charge is -2.09. The van der Waals surface area contributed by atoms with Crippen molar-refractivity contribution in [3.05, 3.63) is 64.3 Å². The molecule has 1 heterocycles. The van der Waals surface area contributed by atoms with Crippen molar-refractivity contribution in [2.45, 2.75) is 13.8 Å². The number of nitrogens with zero attached hydrogens (tertiary/aromatic N) is 1. The summed E-state index contributed by atoms with van der Waals surface area (Å²) in [4.78, 5) is 15.3. The van der Waals surface area contributed by atoms with E-state index in [0.29, 0.717) is 5.02 Å². The van der Waals surface area contributed by atoms with Crippen molar-refractivity contribution >= 4 is 40.3 Å². The molecule has 2 aromatic carbocycles. The number of aryl methyl sites for hydroxylation is 1. The molecule has 3 N–H and O–H groups in total. The highest BCUT2D eigenvalue weighted by molar-refractivity contribution is 6.31. The average Bonchev–Trinajstić information content (AvgIpc) is 2.92. The van der Waals surface area contributed by atoms with Crippen LogP contribution < -0.4 is 10.7 Å². The summed E-state index contributed by atoms with van der Waals surface area (Å²) in [5.74, 6) is -0.229. The van der Waals surface area contributed by atoms with Gasteiger partial charge >= 0.3 is 0 Å². The molecule has 0 unspecified atom stereocenters. The minimum atomic E-state index is -0.229. The van der Waals surface area contributed by atoms with E-state index in [1.807, 2.05) is 56.3 Å². The SMILES string of the molecule is Cc1[nH]c2ccccc2c1/C=N\NC(=O)CNc1cccc(Cl)c1C. The maximum absolute atomic E-state index is 12.0. The third-order valence-electron chi connectivity index (χ3n) is 4.03. The number of aromatic amines is 1. The molecule has 1 aromatic heterocycles. The minimum absolute atomic E-state index is 0.116. The lowest BCUT2D eigenvalue weighted by Crippen LogP contribution is -2.26. The Morgan fingerprint density at radius 3 is 2.84 bits per heavy atom. The van der Waals surface area contributed by atoms with E-state index in [2.05, 4.69) is 20.8 Å². The van der Waals surface area contributed by atoms with Gasteiger partial charge < -0.3 is 10.3 Å². The number of carbonyl (C=O) groups is 1. The number of hydrazone groups is 1. The number of hydrogen-bond acceptors (Lipinski definition) is 3. The highest BCUT2D eigenvalue weighted by atomic mass is 35.5. The topological polar surface area (TPSA) is 69.3 Å². The Labute approximate surface area is 151 Å². The molecule has 3 aromatic rings. The van der Waals surface area contributed by atoms with E-state index in [4.69, 9.17) is 11.6 Å². The Hall–Kier alpha value is -2.79. The normalized spacial score (nSPS) is 11.2. The molecule has 0 spiro atoms. The summed E-state index contributed by atoms with van der Waals surface area (Å²) in [5.41, 5.74) is 7.30. The van der Waals surface area contributed by atoms with Gasteiger partial charge in [-0.15, -0.1) is 0 Å². The quantitative estimate of drug-likeness (QED) is 0.479. The lowest BCUT2D eigenvalue weighted by atomic mass is 10.1. The van der Waals surface area contributed by atoms with Crippen LogP contribution in [0.25, 0.3) is 10.9 Å². The third-order valence-corrected chi connectivity index (χ3v) is 4.44. The van der Waals surface area contributed by atoms with E-state index in [9.17, 15) is 4.79 Å². The molecule has 0 fully saturated rings. The van der Waals surface area contributed by atoms with Crippen LogP contribution in [0.15, 0.2) is 47.6 Å². The number of hydrogen-bond donors (Lipinski definition) is 3. The molecule has 1 amide bonds. The monoisotopic (exact) mass is 354 g/mol. The highest BCUT2D eigenvalue weighted by Gasteiger charge is 2.06. The van der Waals surface area contributed by atoms with Crippen molar-refractivity contribution < 1.29 is 4.79 Å². The zero-order chi connectivity index (χ0) is 17.8. The van der Waals surface area contributed by atoms with Crippen molar-refractivity contribution in [2.24, 2.45) is 5.10 Å². The predicted molar refractivity (Wildman–Crippen MR) is 103 cm³/mol. The van der Waals surface area contributed by atoms with Gasteiger partial charge in [0.15, 0.2) is 0 Å². The molecule has 25 heavy (non-hydrogen) atoms. The van der Waals surface area contributed by atoms with Gasteiger partial charge in [0.1, 0.15) is 0 Å². The van der Waals surface area contributed by atoms with Crippen LogP contribution in [0.1, 0.15) is 16.8 Å². The molecule has 0 saturated heterocycles. The summed E-state index contributed by atoms with van der Waals surface area (Å²) in [6.45, 7) is 4.00. The van der Waals surface area contributed by atoms with E-state index in [1.54, 1.807) is 6.21 Å². The summed E-state index contributed by atoms with van der Waals surface area (Å²) >= 11 is 6.07. The van der Waals surface area contributed by atoms with E-state index < -0.39 is 0 Å². The van der Waals surface area contributed by atoms with Crippen molar-refractivity contribution in [2.75, 3.05) is 11.9 Å². The standard InChI is InChI=1S/C19H19ClN4O/c1-12-16(20)7-5-9-17(12)21-11-19(25)24-22-10-15-13(2)23-18-8-4-3-6-14(15)18/h3-10,21,23H,11H2,1-2H3,(H,24,25)/b22-10-. The Bertz CT molecular complexity index is 946. The Balaban J connectivity index is 1.61. The molecule has 5 nitrogen and oxygen atoms in total. The third kappa shape index (κ3) is 3.83. The average molecular weight is 355 g/mol. The largest absolute Gasteiger partial charge is 0.376 e.